The van der Waals surface area contributed by atoms with Gasteiger partial charge < -0.3 is 25.6 Å². The Balaban J connectivity index is 0.926. The Morgan fingerprint density at radius 1 is 0.898 bits per heavy atom. The van der Waals surface area contributed by atoms with Crippen LogP contribution in [0.5, 0.6) is 11.6 Å². The third-order valence-corrected chi connectivity index (χ3v) is 9.84. The summed E-state index contributed by atoms with van der Waals surface area (Å²) in [6, 6.07) is 19.2. The highest BCUT2D eigenvalue weighted by Crippen LogP contribution is 2.29. The number of fused-ring (bicyclic) bond motifs is 1. The van der Waals surface area contributed by atoms with Crippen LogP contribution >= 0.6 is 0 Å². The number of nitrogens with one attached hydrogen (secondary N) is 3. The fourth-order valence-electron chi connectivity index (χ4n) is 7.10. The number of benzene rings is 2. The van der Waals surface area contributed by atoms with E-state index in [1.807, 2.05) is 28.9 Å². The van der Waals surface area contributed by atoms with E-state index < -0.39 is 11.7 Å². The van der Waals surface area contributed by atoms with Gasteiger partial charge in [-0.05, 0) is 98.9 Å². The molecule has 1 saturated heterocycles. The van der Waals surface area contributed by atoms with Crippen molar-refractivity contribution in [2.45, 2.75) is 70.0 Å². The molecule has 49 heavy (non-hydrogen) atoms. The molecule has 2 aromatic carbocycles. The maximum absolute atomic E-state index is 14.3. The van der Waals surface area contributed by atoms with Crippen LogP contribution in [0.4, 0.5) is 4.39 Å². The Morgan fingerprint density at radius 3 is 2.41 bits per heavy atom. The monoisotopic (exact) mass is 665 g/mol. The molecular weight excluding hydrogens is 621 g/mol. The van der Waals surface area contributed by atoms with Gasteiger partial charge in [0.05, 0.1) is 6.20 Å². The quantitative estimate of drug-likeness (QED) is 0.204. The Labute approximate surface area is 286 Å². The second-order valence-electron chi connectivity index (χ2n) is 13.4. The summed E-state index contributed by atoms with van der Waals surface area (Å²) in [5.41, 5.74) is 4.95. The minimum absolute atomic E-state index is 0.0119. The molecule has 1 aliphatic carbocycles. The molecule has 0 atom stereocenters. The van der Waals surface area contributed by atoms with E-state index in [9.17, 15) is 14.0 Å². The topological polar surface area (TPSA) is 113 Å². The zero-order valence-electron chi connectivity index (χ0n) is 27.8. The standard InChI is InChI=1S/C38H44FN7O3/c39-29-23-34(36(47)42-30-12-14-31(15-13-30)43-37(48)35-24-32-6-3-19-46(32)44-35)38(41-25-29)49-33-7-1-5-28(22-33)27-10-8-26(9-11-27)4-2-18-45-20-16-40-17-21-45/h1,5,7-11,22-25,30-31,40H,2-4,6,12-21H2,(H,42,47)(H,43,48)/t30-,31-. The highest BCUT2D eigenvalue weighted by molar-refractivity contribution is 5.96. The molecule has 10 nitrogen and oxygen atoms in total. The lowest BCUT2D eigenvalue weighted by molar-refractivity contribution is 0.0887. The molecular formula is C38H44FN7O3. The molecule has 256 valence electrons. The van der Waals surface area contributed by atoms with Gasteiger partial charge in [0, 0.05) is 50.5 Å². The maximum atomic E-state index is 14.3. The van der Waals surface area contributed by atoms with Crippen LogP contribution in [0.25, 0.3) is 11.1 Å². The minimum atomic E-state index is -0.615. The van der Waals surface area contributed by atoms with Crippen LogP contribution in [-0.2, 0) is 19.4 Å². The Kier molecular flexibility index (Phi) is 10.3. The van der Waals surface area contributed by atoms with Crippen LogP contribution in [0.3, 0.4) is 0 Å². The average molecular weight is 666 g/mol. The first-order valence-corrected chi connectivity index (χ1v) is 17.6. The lowest BCUT2D eigenvalue weighted by Crippen LogP contribution is -2.44. The third-order valence-electron chi connectivity index (χ3n) is 9.84. The van der Waals surface area contributed by atoms with Crippen LogP contribution in [0, 0.1) is 5.82 Å². The van der Waals surface area contributed by atoms with Gasteiger partial charge in [-0.15, -0.1) is 0 Å². The highest BCUT2D eigenvalue weighted by atomic mass is 19.1. The number of aromatic nitrogens is 3. The van der Waals surface area contributed by atoms with Gasteiger partial charge in [0.25, 0.3) is 11.8 Å². The molecule has 4 aromatic rings. The van der Waals surface area contributed by atoms with Crippen LogP contribution in [0.15, 0.2) is 66.9 Å². The summed E-state index contributed by atoms with van der Waals surface area (Å²) < 4.78 is 22.3. The second-order valence-corrected chi connectivity index (χ2v) is 13.4. The van der Waals surface area contributed by atoms with Gasteiger partial charge in [-0.3, -0.25) is 14.3 Å². The van der Waals surface area contributed by atoms with E-state index >= 15 is 0 Å². The number of ether oxygens (including phenoxy) is 1. The number of carbonyl (C=O) groups is 2. The van der Waals surface area contributed by atoms with E-state index in [0.29, 0.717) is 24.3 Å². The largest absolute Gasteiger partial charge is 0.438 e. The number of rotatable bonds is 11. The number of hydrogen-bond donors (Lipinski definition) is 3. The molecule has 2 fully saturated rings. The van der Waals surface area contributed by atoms with E-state index in [0.717, 1.165) is 107 Å². The Hall–Kier alpha value is -4.61. The van der Waals surface area contributed by atoms with Crippen molar-refractivity contribution in [1.29, 1.82) is 0 Å². The highest BCUT2D eigenvalue weighted by Gasteiger charge is 2.27. The van der Waals surface area contributed by atoms with Crippen LogP contribution in [-0.4, -0.2) is 76.3 Å². The van der Waals surface area contributed by atoms with E-state index in [2.05, 4.69) is 55.2 Å². The van der Waals surface area contributed by atoms with Crippen LogP contribution < -0.4 is 20.7 Å². The van der Waals surface area contributed by atoms with Crippen molar-refractivity contribution in [3.05, 3.63) is 95.2 Å². The summed E-state index contributed by atoms with van der Waals surface area (Å²) in [7, 11) is 0. The van der Waals surface area contributed by atoms with E-state index in [-0.39, 0.29) is 29.4 Å². The van der Waals surface area contributed by atoms with Crippen molar-refractivity contribution in [2.24, 2.45) is 0 Å². The Morgan fingerprint density at radius 2 is 1.65 bits per heavy atom. The SMILES string of the molecule is O=C(N[C@H]1CC[C@H](NC(=O)c2cc(F)cnc2Oc2cccc(-c3ccc(CCCN4CCNCC4)cc3)c2)CC1)c1cc2n(n1)CCC2. The van der Waals surface area contributed by atoms with Gasteiger partial charge in [0.1, 0.15) is 22.8 Å². The molecule has 2 aliphatic heterocycles. The number of nitrogens with zero attached hydrogens (tertiary/aromatic N) is 4. The lowest BCUT2D eigenvalue weighted by Gasteiger charge is -2.29. The van der Waals surface area contributed by atoms with Crippen LogP contribution in [0.1, 0.15) is 70.6 Å². The Bertz CT molecular complexity index is 1740. The van der Waals surface area contributed by atoms with Gasteiger partial charge >= 0.3 is 0 Å². The number of aryl methyl sites for hydroxylation is 3. The zero-order chi connectivity index (χ0) is 33.6. The smallest absolute Gasteiger partial charge is 0.272 e. The van der Waals surface area contributed by atoms with Gasteiger partial charge in [-0.1, -0.05) is 36.4 Å². The molecule has 7 rings (SSSR count). The lowest BCUT2D eigenvalue weighted by atomic mass is 9.91. The van der Waals surface area contributed by atoms with Gasteiger partial charge in [-0.25, -0.2) is 9.37 Å². The normalized spacial score (nSPS) is 19.3. The van der Waals surface area contributed by atoms with Crippen molar-refractivity contribution < 1.29 is 18.7 Å². The molecule has 3 N–H and O–H groups in total. The molecule has 0 unspecified atom stereocenters. The van der Waals surface area contributed by atoms with E-state index in [4.69, 9.17) is 4.74 Å². The predicted octanol–water partition coefficient (Wildman–Crippen LogP) is 5.13. The van der Waals surface area contributed by atoms with Crippen molar-refractivity contribution in [3.63, 3.8) is 0 Å². The molecule has 11 heteroatoms. The van der Waals surface area contributed by atoms with Gasteiger partial charge in [0.15, 0.2) is 0 Å². The summed E-state index contributed by atoms with van der Waals surface area (Å²) in [6.07, 6.45) is 8.07. The molecule has 0 radical (unpaired) electrons. The molecule has 3 aliphatic rings. The van der Waals surface area contributed by atoms with Crippen molar-refractivity contribution in [3.8, 4) is 22.8 Å². The van der Waals surface area contributed by atoms with Crippen molar-refractivity contribution in [2.75, 3.05) is 32.7 Å². The summed E-state index contributed by atoms with van der Waals surface area (Å²) >= 11 is 0. The fourth-order valence-corrected chi connectivity index (χ4v) is 7.10. The molecule has 2 aromatic heterocycles. The first kappa shape index (κ1) is 32.9. The van der Waals surface area contributed by atoms with Crippen molar-refractivity contribution >= 4 is 11.8 Å². The number of carbonyl (C=O) groups excluding carboxylic acids is 2. The zero-order valence-corrected chi connectivity index (χ0v) is 27.8. The number of piperazine rings is 1. The predicted molar refractivity (Wildman–Crippen MR) is 185 cm³/mol. The first-order valence-electron chi connectivity index (χ1n) is 17.6. The minimum Gasteiger partial charge on any atom is -0.438 e. The van der Waals surface area contributed by atoms with E-state index in [1.165, 1.54) is 5.56 Å². The second kappa shape index (κ2) is 15.3. The number of amides is 2. The summed E-state index contributed by atoms with van der Waals surface area (Å²) in [4.78, 5) is 32.8. The summed E-state index contributed by atoms with van der Waals surface area (Å²) in [5, 5.41) is 14.0. The van der Waals surface area contributed by atoms with E-state index in [1.54, 1.807) is 6.07 Å². The van der Waals surface area contributed by atoms with Crippen molar-refractivity contribution in [1.82, 2.24) is 35.6 Å². The maximum Gasteiger partial charge on any atom is 0.272 e. The molecule has 4 heterocycles. The van der Waals surface area contributed by atoms with Gasteiger partial charge in [-0.2, -0.15) is 5.10 Å². The first-order chi connectivity index (χ1) is 24.0. The number of halogens is 1. The van der Waals surface area contributed by atoms with Crippen LogP contribution in [0.2, 0.25) is 0 Å². The molecule has 1 saturated carbocycles. The average Bonchev–Trinajstić information content (AvgIpc) is 3.74. The molecule has 0 bridgehead atoms. The molecule has 0 spiro atoms. The fraction of sp³-hybridized carbons (Fsp3) is 0.421. The molecule has 2 amide bonds. The number of pyridine rings is 1. The summed E-state index contributed by atoms with van der Waals surface area (Å²) in [6.45, 7) is 6.37. The third kappa shape index (κ3) is 8.34. The van der Waals surface area contributed by atoms with Gasteiger partial charge in [0.2, 0.25) is 5.88 Å². The number of hydrogen-bond acceptors (Lipinski definition) is 7. The summed E-state index contributed by atoms with van der Waals surface area (Å²) in [5.74, 6) is -0.657.